The number of hydrogen-bond acceptors (Lipinski definition) is 1. The highest BCUT2D eigenvalue weighted by Crippen LogP contribution is 2.03. The van der Waals surface area contributed by atoms with E-state index in [1.54, 1.807) is 0 Å². The van der Waals surface area contributed by atoms with Crippen LogP contribution in [0.25, 0.3) is 0 Å². The fourth-order valence-electron chi connectivity index (χ4n) is 1.01. The van der Waals surface area contributed by atoms with Crippen molar-refractivity contribution in [1.82, 2.24) is 4.90 Å². The molecule has 0 aromatic heterocycles. The van der Waals surface area contributed by atoms with Crippen LogP contribution < -0.4 is 5.73 Å². The largest absolute Gasteiger partial charge is 0.351 e. The van der Waals surface area contributed by atoms with Gasteiger partial charge in [-0.3, -0.25) is 4.90 Å². The maximum Gasteiger partial charge on any atom is 0.319 e. The van der Waals surface area contributed by atoms with Gasteiger partial charge in [-0.2, -0.15) is 0 Å². The summed E-state index contributed by atoms with van der Waals surface area (Å²) in [5.74, 6) is 0. The van der Waals surface area contributed by atoms with Gasteiger partial charge in [0.2, 0.25) is 0 Å². The second-order valence-electron chi connectivity index (χ2n) is 2.63. The zero-order chi connectivity index (χ0) is 9.68. The Morgan fingerprint density at radius 1 is 1.46 bits per heavy atom. The fraction of sp³-hybridized carbons (Fsp3) is 0.100. The van der Waals surface area contributed by atoms with Crippen LogP contribution in [-0.4, -0.2) is 10.9 Å². The predicted octanol–water partition coefficient (Wildman–Crippen LogP) is 1.71. The first-order valence-corrected chi connectivity index (χ1v) is 3.96. The summed E-state index contributed by atoms with van der Waals surface area (Å²) < 4.78 is 0. The molecule has 2 amide bonds. The van der Waals surface area contributed by atoms with Crippen LogP contribution >= 0.6 is 0 Å². The molecule has 0 saturated carbocycles. The lowest BCUT2D eigenvalue weighted by molar-refractivity contribution is 0.223. The Labute approximate surface area is 77.5 Å². The first-order valence-electron chi connectivity index (χ1n) is 3.96. The van der Waals surface area contributed by atoms with Gasteiger partial charge in [0.1, 0.15) is 0 Å². The van der Waals surface area contributed by atoms with Crippen molar-refractivity contribution >= 4 is 6.03 Å². The molecule has 0 radical (unpaired) electrons. The number of nitrogens with two attached hydrogens (primary N) is 1. The van der Waals surface area contributed by atoms with Crippen molar-refractivity contribution in [3.63, 3.8) is 0 Å². The zero-order valence-electron chi connectivity index (χ0n) is 7.31. The van der Waals surface area contributed by atoms with Gasteiger partial charge in [-0.25, -0.2) is 4.79 Å². The lowest BCUT2D eigenvalue weighted by Gasteiger charge is -2.14. The highest BCUT2D eigenvalue weighted by atomic mass is 16.2. The highest BCUT2D eigenvalue weighted by Gasteiger charge is 2.04. The summed E-state index contributed by atoms with van der Waals surface area (Å²) in [5.41, 5.74) is 6.14. The van der Waals surface area contributed by atoms with E-state index in [0.29, 0.717) is 6.54 Å². The van der Waals surface area contributed by atoms with Crippen molar-refractivity contribution in [2.24, 2.45) is 5.73 Å². The number of benzene rings is 1. The van der Waals surface area contributed by atoms with Gasteiger partial charge in [0.15, 0.2) is 0 Å². The molecule has 0 aliphatic carbocycles. The third-order valence-corrected chi connectivity index (χ3v) is 1.70. The first-order chi connectivity index (χ1) is 6.24. The molecule has 0 unspecified atom stereocenters. The van der Waals surface area contributed by atoms with Gasteiger partial charge >= 0.3 is 6.03 Å². The van der Waals surface area contributed by atoms with E-state index >= 15 is 0 Å². The van der Waals surface area contributed by atoms with Gasteiger partial charge in [0.25, 0.3) is 0 Å². The van der Waals surface area contributed by atoms with Gasteiger partial charge in [-0.15, -0.1) is 0 Å². The van der Waals surface area contributed by atoms with Crippen LogP contribution in [0.1, 0.15) is 5.56 Å². The number of amides is 2. The van der Waals surface area contributed by atoms with Crippen molar-refractivity contribution in [3.05, 3.63) is 48.7 Å². The smallest absolute Gasteiger partial charge is 0.319 e. The minimum Gasteiger partial charge on any atom is -0.351 e. The van der Waals surface area contributed by atoms with E-state index in [0.717, 1.165) is 5.56 Å². The number of nitrogens with zero attached hydrogens (tertiary/aromatic N) is 1. The SMILES string of the molecule is C=CN(Cc1ccccc1)C(N)=O. The monoisotopic (exact) mass is 176 g/mol. The van der Waals surface area contributed by atoms with Crippen molar-refractivity contribution in [1.29, 1.82) is 0 Å². The van der Waals surface area contributed by atoms with Crippen LogP contribution in [0, 0.1) is 0 Å². The highest BCUT2D eigenvalue weighted by molar-refractivity contribution is 5.73. The Morgan fingerprint density at radius 3 is 2.54 bits per heavy atom. The molecule has 3 nitrogen and oxygen atoms in total. The minimum absolute atomic E-state index is 0.472. The average Bonchev–Trinajstić information content (AvgIpc) is 2.15. The van der Waals surface area contributed by atoms with E-state index < -0.39 is 6.03 Å². The molecule has 0 bridgehead atoms. The van der Waals surface area contributed by atoms with Crippen LogP contribution in [0.15, 0.2) is 43.1 Å². The molecule has 0 aliphatic heterocycles. The molecule has 0 aliphatic rings. The molecular formula is C10H12N2O. The van der Waals surface area contributed by atoms with Gasteiger partial charge in [-0.1, -0.05) is 36.9 Å². The summed E-state index contributed by atoms with van der Waals surface area (Å²) >= 11 is 0. The number of rotatable bonds is 3. The summed E-state index contributed by atoms with van der Waals surface area (Å²) in [6.45, 7) is 3.98. The summed E-state index contributed by atoms with van der Waals surface area (Å²) in [6.07, 6.45) is 1.43. The predicted molar refractivity (Wildman–Crippen MR) is 51.8 cm³/mol. The maximum absolute atomic E-state index is 10.8. The summed E-state index contributed by atoms with van der Waals surface area (Å²) in [6, 6.07) is 9.12. The Bertz CT molecular complexity index is 295. The molecule has 3 heteroatoms. The number of primary amides is 1. The number of urea groups is 1. The van der Waals surface area contributed by atoms with Crippen LogP contribution in [0.5, 0.6) is 0 Å². The van der Waals surface area contributed by atoms with Crippen LogP contribution in [0.4, 0.5) is 4.79 Å². The lowest BCUT2D eigenvalue weighted by atomic mass is 10.2. The first kappa shape index (κ1) is 9.32. The van der Waals surface area contributed by atoms with Gasteiger partial charge in [-0.05, 0) is 5.56 Å². The van der Waals surface area contributed by atoms with Gasteiger partial charge < -0.3 is 5.73 Å². The normalized spacial score (nSPS) is 9.23. The van der Waals surface area contributed by atoms with Crippen LogP contribution in [0.3, 0.4) is 0 Å². The van der Waals surface area contributed by atoms with Crippen molar-refractivity contribution in [2.75, 3.05) is 0 Å². The summed E-state index contributed by atoms with van der Waals surface area (Å²) in [7, 11) is 0. The van der Waals surface area contributed by atoms with Crippen LogP contribution in [-0.2, 0) is 6.54 Å². The summed E-state index contributed by atoms with van der Waals surface area (Å²) in [5, 5.41) is 0. The quantitative estimate of drug-likeness (QED) is 0.748. The zero-order valence-corrected chi connectivity index (χ0v) is 7.31. The third kappa shape index (κ3) is 2.63. The molecule has 1 rings (SSSR count). The maximum atomic E-state index is 10.8. The molecule has 0 fully saturated rings. The van der Waals surface area contributed by atoms with Crippen LogP contribution in [0.2, 0.25) is 0 Å². The fourth-order valence-corrected chi connectivity index (χ4v) is 1.01. The van der Waals surface area contributed by atoms with E-state index in [1.807, 2.05) is 30.3 Å². The Hall–Kier alpha value is -1.77. The summed E-state index contributed by atoms with van der Waals surface area (Å²) in [4.78, 5) is 12.2. The second-order valence-corrected chi connectivity index (χ2v) is 2.63. The third-order valence-electron chi connectivity index (χ3n) is 1.70. The van der Waals surface area contributed by atoms with E-state index in [-0.39, 0.29) is 0 Å². The molecule has 0 heterocycles. The topological polar surface area (TPSA) is 46.3 Å². The molecule has 0 saturated heterocycles. The molecule has 0 atom stereocenters. The molecule has 68 valence electrons. The molecule has 0 spiro atoms. The van der Waals surface area contributed by atoms with Gasteiger partial charge in [0.05, 0.1) is 6.54 Å². The van der Waals surface area contributed by atoms with E-state index in [9.17, 15) is 4.79 Å². The Balaban J connectivity index is 2.67. The molecule has 1 aromatic carbocycles. The standard InChI is InChI=1S/C10H12N2O/c1-2-12(10(11)13)8-9-6-4-3-5-7-9/h2-7H,1,8H2,(H2,11,13). The molecule has 1 aromatic rings. The van der Waals surface area contributed by atoms with Crippen molar-refractivity contribution < 1.29 is 4.79 Å². The average molecular weight is 176 g/mol. The van der Waals surface area contributed by atoms with Gasteiger partial charge in [0, 0.05) is 6.20 Å². The Kier molecular flexibility index (Phi) is 3.09. The second kappa shape index (κ2) is 4.30. The van der Waals surface area contributed by atoms with E-state index in [4.69, 9.17) is 5.73 Å². The van der Waals surface area contributed by atoms with Crippen molar-refractivity contribution in [3.8, 4) is 0 Å². The number of hydrogen-bond donors (Lipinski definition) is 1. The van der Waals surface area contributed by atoms with Crippen molar-refractivity contribution in [2.45, 2.75) is 6.54 Å². The van der Waals surface area contributed by atoms with E-state index in [1.165, 1.54) is 11.1 Å². The number of carbonyl (C=O) groups excluding carboxylic acids is 1. The Morgan fingerprint density at radius 2 is 2.08 bits per heavy atom. The molecule has 13 heavy (non-hydrogen) atoms. The number of carbonyl (C=O) groups is 1. The minimum atomic E-state index is -0.487. The molecular weight excluding hydrogens is 164 g/mol. The lowest BCUT2D eigenvalue weighted by Crippen LogP contribution is -2.30. The van der Waals surface area contributed by atoms with E-state index in [2.05, 4.69) is 6.58 Å². The molecule has 2 N–H and O–H groups in total.